The molecule has 0 saturated carbocycles. The number of carbonyl (C=O) groups excluding carboxylic acids is 1. The van der Waals surface area contributed by atoms with Crippen LogP contribution in [0, 0.1) is 0 Å². The van der Waals surface area contributed by atoms with Crippen molar-refractivity contribution in [3.05, 3.63) is 0 Å². The van der Waals surface area contributed by atoms with Gasteiger partial charge in [-0.1, -0.05) is 0 Å². The maximum Gasteiger partial charge on any atom is 0.428 e. The molecule has 112 valence electrons. The third kappa shape index (κ3) is 1.54. The van der Waals surface area contributed by atoms with E-state index in [0.29, 0.717) is 5.43 Å². The molecular formula is C6H3F9N2O2. The Balaban J connectivity index is 3.47. The molecule has 1 rings (SSSR count). The number of alkyl halides is 9. The second kappa shape index (κ2) is 3.65. The molecule has 3 N–H and O–H groups in total. The summed E-state index contributed by atoms with van der Waals surface area (Å²) in [4.78, 5) is 10.4. The summed E-state index contributed by atoms with van der Waals surface area (Å²) in [6, 6.07) is 0. The van der Waals surface area contributed by atoms with Crippen molar-refractivity contribution in [3.63, 3.8) is 0 Å². The van der Waals surface area contributed by atoms with E-state index in [0.717, 1.165) is 0 Å². The molecule has 0 radical (unpaired) electrons. The zero-order chi connectivity index (χ0) is 15.5. The lowest BCUT2D eigenvalue weighted by atomic mass is 9.99. The Bertz CT molecular complexity index is 412. The third-order valence-corrected chi connectivity index (χ3v) is 2.25. The van der Waals surface area contributed by atoms with E-state index in [1.807, 2.05) is 0 Å². The smallest absolute Gasteiger partial charge is 0.289 e. The van der Waals surface area contributed by atoms with Gasteiger partial charge in [0.05, 0.1) is 0 Å². The molecule has 4 nitrogen and oxygen atoms in total. The molecule has 0 unspecified atom stereocenters. The molecule has 0 spiro atoms. The maximum absolute atomic E-state index is 13.3. The first kappa shape index (κ1) is 15.8. The molecule has 1 saturated heterocycles. The number of hydrazine groups is 1. The summed E-state index contributed by atoms with van der Waals surface area (Å²) in [5.74, 6) is -24.6. The minimum Gasteiger partial charge on any atom is -0.289 e. The Morgan fingerprint density at radius 3 is 1.68 bits per heavy atom. The predicted octanol–water partition coefficient (Wildman–Crippen LogP) is 1.17. The van der Waals surface area contributed by atoms with Gasteiger partial charge in [-0.2, -0.15) is 39.5 Å². The first-order valence-electron chi connectivity index (χ1n) is 4.10. The van der Waals surface area contributed by atoms with Crippen LogP contribution in [0.1, 0.15) is 0 Å². The highest BCUT2D eigenvalue weighted by atomic mass is 19.4. The maximum atomic E-state index is 13.3. The Hall–Kier alpha value is -1.24. The topological polar surface area (TPSA) is 64.3 Å². The summed E-state index contributed by atoms with van der Waals surface area (Å²) in [6.45, 7) is 0. The number of ether oxygens (including phenoxy) is 1. The lowest BCUT2D eigenvalue weighted by Gasteiger charge is -2.31. The standard InChI is InChI=1S/C6H3F9N2O2/c7-2(8,1(18)17-16)5(13)3(9,10)4(11,12)6(14,15)19-5/h16H2,(H,17,18)/t5-/m0/s1. The Kier molecular flexibility index (Phi) is 3.04. The van der Waals surface area contributed by atoms with Crippen molar-refractivity contribution in [3.8, 4) is 0 Å². The number of hydrogen-bond acceptors (Lipinski definition) is 3. The number of hydrogen-bond donors (Lipinski definition) is 2. The summed E-state index contributed by atoms with van der Waals surface area (Å²) in [6.07, 6.45) is -6.26. The van der Waals surface area contributed by atoms with Crippen LogP contribution in [0.5, 0.6) is 0 Å². The van der Waals surface area contributed by atoms with Gasteiger partial charge >= 0.3 is 35.6 Å². The van der Waals surface area contributed by atoms with E-state index in [1.54, 1.807) is 0 Å². The first-order valence-corrected chi connectivity index (χ1v) is 4.10. The molecule has 1 amide bonds. The second-order valence-corrected chi connectivity index (χ2v) is 3.41. The second-order valence-electron chi connectivity index (χ2n) is 3.41. The highest BCUT2D eigenvalue weighted by Gasteiger charge is 2.96. The average molecular weight is 306 g/mol. The molecule has 19 heavy (non-hydrogen) atoms. The van der Waals surface area contributed by atoms with Gasteiger partial charge in [0.25, 0.3) is 0 Å². The van der Waals surface area contributed by atoms with Crippen molar-refractivity contribution in [2.24, 2.45) is 5.84 Å². The normalized spacial score (nSPS) is 32.1. The van der Waals surface area contributed by atoms with Gasteiger partial charge in [0.15, 0.2) is 0 Å². The zero-order valence-corrected chi connectivity index (χ0v) is 8.30. The van der Waals surface area contributed by atoms with Gasteiger partial charge in [-0.25, -0.2) is 5.84 Å². The van der Waals surface area contributed by atoms with E-state index in [1.165, 1.54) is 0 Å². The van der Waals surface area contributed by atoms with E-state index in [4.69, 9.17) is 0 Å². The molecule has 1 atom stereocenters. The van der Waals surface area contributed by atoms with Crippen molar-refractivity contribution in [2.45, 2.75) is 29.7 Å². The molecule has 1 heterocycles. The molecule has 0 aliphatic carbocycles. The molecular weight excluding hydrogens is 303 g/mol. The fourth-order valence-electron chi connectivity index (χ4n) is 1.19. The van der Waals surface area contributed by atoms with Crippen LogP contribution in [-0.4, -0.2) is 35.6 Å². The Morgan fingerprint density at radius 2 is 1.42 bits per heavy atom. The van der Waals surface area contributed by atoms with E-state index in [9.17, 15) is 44.3 Å². The monoisotopic (exact) mass is 306 g/mol. The minimum absolute atomic E-state index is 0.468. The predicted molar refractivity (Wildman–Crippen MR) is 37.0 cm³/mol. The summed E-state index contributed by atoms with van der Waals surface area (Å²) in [7, 11) is 0. The summed E-state index contributed by atoms with van der Waals surface area (Å²) < 4.78 is 117. The van der Waals surface area contributed by atoms with Crippen LogP contribution in [0.3, 0.4) is 0 Å². The lowest BCUT2D eigenvalue weighted by Crippen LogP contribution is -2.65. The number of rotatable bonds is 2. The minimum atomic E-state index is -6.69. The van der Waals surface area contributed by atoms with Crippen LogP contribution in [0.4, 0.5) is 39.5 Å². The van der Waals surface area contributed by atoms with Gasteiger partial charge in [0.1, 0.15) is 0 Å². The fraction of sp³-hybridized carbons (Fsp3) is 0.833. The molecule has 0 aromatic carbocycles. The Labute approximate surface area is 97.2 Å². The van der Waals surface area contributed by atoms with Gasteiger partial charge < -0.3 is 0 Å². The molecule has 0 aromatic heterocycles. The van der Waals surface area contributed by atoms with Crippen LogP contribution in [0.2, 0.25) is 0 Å². The summed E-state index contributed by atoms with van der Waals surface area (Å²) in [5.41, 5.74) is 0.468. The van der Waals surface area contributed by atoms with Crippen molar-refractivity contribution in [1.29, 1.82) is 0 Å². The highest BCUT2D eigenvalue weighted by Crippen LogP contribution is 2.64. The van der Waals surface area contributed by atoms with Gasteiger partial charge in [0.2, 0.25) is 0 Å². The molecule has 1 aliphatic rings. The number of nitrogens with one attached hydrogen (secondary N) is 1. The van der Waals surface area contributed by atoms with E-state index >= 15 is 0 Å². The molecule has 1 fully saturated rings. The summed E-state index contributed by atoms with van der Waals surface area (Å²) in [5, 5.41) is 0. The van der Waals surface area contributed by atoms with Gasteiger partial charge in [-0.3, -0.25) is 15.0 Å². The molecule has 1 aliphatic heterocycles. The van der Waals surface area contributed by atoms with Crippen molar-refractivity contribution < 1.29 is 49.0 Å². The number of nitrogens with two attached hydrogens (primary N) is 1. The van der Waals surface area contributed by atoms with E-state index in [-0.39, 0.29) is 0 Å². The number of amides is 1. The Morgan fingerprint density at radius 1 is 1.00 bits per heavy atom. The van der Waals surface area contributed by atoms with Crippen LogP contribution >= 0.6 is 0 Å². The number of carbonyl (C=O) groups is 1. The lowest BCUT2D eigenvalue weighted by molar-refractivity contribution is -0.367. The van der Waals surface area contributed by atoms with Crippen LogP contribution in [0.15, 0.2) is 0 Å². The quantitative estimate of drug-likeness (QED) is 0.348. The highest BCUT2D eigenvalue weighted by molar-refractivity contribution is 5.84. The van der Waals surface area contributed by atoms with Crippen LogP contribution in [-0.2, 0) is 9.53 Å². The van der Waals surface area contributed by atoms with E-state index < -0.39 is 35.6 Å². The average Bonchev–Trinajstić information content (AvgIpc) is 2.34. The molecule has 0 bridgehead atoms. The van der Waals surface area contributed by atoms with Gasteiger partial charge in [-0.15, -0.1) is 0 Å². The van der Waals surface area contributed by atoms with Crippen molar-refractivity contribution >= 4 is 5.91 Å². The summed E-state index contributed by atoms with van der Waals surface area (Å²) >= 11 is 0. The first-order chi connectivity index (χ1) is 8.19. The van der Waals surface area contributed by atoms with E-state index in [2.05, 4.69) is 10.6 Å². The van der Waals surface area contributed by atoms with Crippen LogP contribution < -0.4 is 11.3 Å². The van der Waals surface area contributed by atoms with Gasteiger partial charge in [-0.05, 0) is 0 Å². The fourth-order valence-corrected chi connectivity index (χ4v) is 1.19. The third-order valence-electron chi connectivity index (χ3n) is 2.25. The molecule has 0 aromatic rings. The van der Waals surface area contributed by atoms with Crippen molar-refractivity contribution in [1.82, 2.24) is 5.43 Å². The van der Waals surface area contributed by atoms with Crippen molar-refractivity contribution in [2.75, 3.05) is 0 Å². The SMILES string of the molecule is NNC(=O)C(F)(F)[C@]1(F)OC(F)(F)C(F)(F)C1(F)F. The largest absolute Gasteiger partial charge is 0.428 e. The van der Waals surface area contributed by atoms with Gasteiger partial charge in [0, 0.05) is 0 Å². The number of halogens is 9. The van der Waals surface area contributed by atoms with Crippen LogP contribution in [0.25, 0.3) is 0 Å². The molecule has 13 heteroatoms. The zero-order valence-electron chi connectivity index (χ0n) is 8.30.